The molecular formula is C15H18N4O2. The van der Waals surface area contributed by atoms with Crippen LogP contribution in [-0.4, -0.2) is 23.1 Å². The second kappa shape index (κ2) is 7.25. The summed E-state index contributed by atoms with van der Waals surface area (Å²) in [5.41, 5.74) is 8.30. The molecule has 2 aromatic rings. The van der Waals surface area contributed by atoms with Crippen LogP contribution < -0.4 is 15.8 Å². The lowest BCUT2D eigenvalue weighted by Crippen LogP contribution is -2.16. The predicted octanol–water partition coefficient (Wildman–Crippen LogP) is 1.47. The fourth-order valence-electron chi connectivity index (χ4n) is 1.98. The van der Waals surface area contributed by atoms with Crippen molar-refractivity contribution in [1.82, 2.24) is 10.3 Å². The van der Waals surface area contributed by atoms with Gasteiger partial charge in [0.15, 0.2) is 5.84 Å². The van der Waals surface area contributed by atoms with E-state index in [9.17, 15) is 0 Å². The zero-order valence-electron chi connectivity index (χ0n) is 11.8. The first-order chi connectivity index (χ1) is 10.2. The summed E-state index contributed by atoms with van der Waals surface area (Å²) in [7, 11) is 1.60. The molecule has 1 aromatic heterocycles. The first-order valence-corrected chi connectivity index (χ1v) is 6.50. The Balaban J connectivity index is 1.97. The molecule has 0 aliphatic heterocycles. The van der Waals surface area contributed by atoms with Gasteiger partial charge >= 0.3 is 0 Å². The summed E-state index contributed by atoms with van der Waals surface area (Å²) in [5, 5.41) is 15.0. The maximum Gasteiger partial charge on any atom is 0.217 e. The highest BCUT2D eigenvalue weighted by molar-refractivity contribution is 5.97. The van der Waals surface area contributed by atoms with Crippen LogP contribution in [0.5, 0.6) is 5.88 Å². The minimum Gasteiger partial charge on any atom is -0.481 e. The number of pyridine rings is 1. The van der Waals surface area contributed by atoms with E-state index in [0.717, 1.165) is 11.1 Å². The molecule has 0 bridgehead atoms. The Hall–Kier alpha value is -2.60. The Bertz CT molecular complexity index is 629. The molecule has 1 aromatic carbocycles. The number of ether oxygens (including phenoxy) is 1. The van der Waals surface area contributed by atoms with Gasteiger partial charge in [-0.2, -0.15) is 0 Å². The zero-order valence-corrected chi connectivity index (χ0v) is 11.8. The van der Waals surface area contributed by atoms with Gasteiger partial charge in [0.25, 0.3) is 0 Å². The summed E-state index contributed by atoms with van der Waals surface area (Å²) in [6.07, 6.45) is 1.70. The van der Waals surface area contributed by atoms with Gasteiger partial charge in [-0.15, -0.1) is 0 Å². The maximum atomic E-state index is 8.69. The predicted molar refractivity (Wildman–Crippen MR) is 80.3 cm³/mol. The van der Waals surface area contributed by atoms with Crippen molar-refractivity contribution in [1.29, 1.82) is 0 Å². The van der Waals surface area contributed by atoms with Crippen molar-refractivity contribution in [3.05, 3.63) is 59.3 Å². The third-order valence-corrected chi connectivity index (χ3v) is 3.02. The Kier molecular flexibility index (Phi) is 5.11. The van der Waals surface area contributed by atoms with Crippen LogP contribution >= 0.6 is 0 Å². The van der Waals surface area contributed by atoms with E-state index < -0.39 is 0 Å². The quantitative estimate of drug-likeness (QED) is 0.324. The van der Waals surface area contributed by atoms with Gasteiger partial charge in [0, 0.05) is 30.4 Å². The van der Waals surface area contributed by atoms with Crippen molar-refractivity contribution in [2.75, 3.05) is 7.11 Å². The molecule has 0 amide bonds. The zero-order chi connectivity index (χ0) is 15.1. The van der Waals surface area contributed by atoms with E-state index in [2.05, 4.69) is 15.5 Å². The average Bonchev–Trinajstić information content (AvgIpc) is 2.55. The van der Waals surface area contributed by atoms with Gasteiger partial charge in [-0.05, 0) is 17.7 Å². The number of benzene rings is 1. The molecule has 0 aliphatic rings. The van der Waals surface area contributed by atoms with Crippen molar-refractivity contribution < 1.29 is 9.94 Å². The SMILES string of the molecule is COc1ncccc1CNCc1cccc(C(N)=NO)c1. The standard InChI is InChI=1S/C15H18N4O2/c1-21-15-13(6-3-7-18-15)10-17-9-11-4-2-5-12(8-11)14(16)19-20/h2-8,17,20H,9-10H2,1H3,(H2,16,19). The molecule has 2 rings (SSSR count). The molecule has 0 saturated carbocycles. The van der Waals surface area contributed by atoms with Gasteiger partial charge in [0.1, 0.15) is 0 Å². The van der Waals surface area contributed by atoms with Crippen LogP contribution in [0.2, 0.25) is 0 Å². The molecule has 0 atom stereocenters. The molecule has 1 heterocycles. The van der Waals surface area contributed by atoms with E-state index in [-0.39, 0.29) is 5.84 Å². The molecule has 21 heavy (non-hydrogen) atoms. The van der Waals surface area contributed by atoms with Crippen LogP contribution in [0.15, 0.2) is 47.8 Å². The lowest BCUT2D eigenvalue weighted by molar-refractivity contribution is 0.318. The molecule has 4 N–H and O–H groups in total. The van der Waals surface area contributed by atoms with E-state index in [4.69, 9.17) is 15.7 Å². The molecular weight excluding hydrogens is 268 g/mol. The van der Waals surface area contributed by atoms with Crippen LogP contribution in [0, 0.1) is 0 Å². The van der Waals surface area contributed by atoms with Crippen molar-refractivity contribution in [3.8, 4) is 5.88 Å². The lowest BCUT2D eigenvalue weighted by Gasteiger charge is -2.09. The smallest absolute Gasteiger partial charge is 0.217 e. The summed E-state index contributed by atoms with van der Waals surface area (Å²) in [6, 6.07) is 11.4. The van der Waals surface area contributed by atoms with Crippen molar-refractivity contribution in [3.63, 3.8) is 0 Å². The van der Waals surface area contributed by atoms with Crippen LogP contribution in [0.1, 0.15) is 16.7 Å². The van der Waals surface area contributed by atoms with Gasteiger partial charge in [0.05, 0.1) is 7.11 Å². The number of hydrogen-bond acceptors (Lipinski definition) is 5. The van der Waals surface area contributed by atoms with E-state index in [1.165, 1.54) is 0 Å². The number of oxime groups is 1. The van der Waals surface area contributed by atoms with Gasteiger partial charge in [-0.25, -0.2) is 4.98 Å². The summed E-state index contributed by atoms with van der Waals surface area (Å²) in [4.78, 5) is 4.15. The number of amidine groups is 1. The van der Waals surface area contributed by atoms with Crippen LogP contribution in [0.25, 0.3) is 0 Å². The van der Waals surface area contributed by atoms with Crippen molar-refractivity contribution >= 4 is 5.84 Å². The fourth-order valence-corrected chi connectivity index (χ4v) is 1.98. The third-order valence-electron chi connectivity index (χ3n) is 3.02. The molecule has 0 unspecified atom stereocenters. The van der Waals surface area contributed by atoms with Crippen molar-refractivity contribution in [2.24, 2.45) is 10.9 Å². The average molecular weight is 286 g/mol. The van der Waals surface area contributed by atoms with Gasteiger partial charge in [-0.1, -0.05) is 29.4 Å². The van der Waals surface area contributed by atoms with Crippen LogP contribution in [0.4, 0.5) is 0 Å². The van der Waals surface area contributed by atoms with E-state index in [1.807, 2.05) is 30.3 Å². The molecule has 6 nitrogen and oxygen atoms in total. The van der Waals surface area contributed by atoms with Gasteiger partial charge in [-0.3, -0.25) is 0 Å². The Labute approximate surface area is 123 Å². The normalized spacial score (nSPS) is 11.4. The molecule has 0 fully saturated rings. The van der Waals surface area contributed by atoms with Crippen LogP contribution in [0.3, 0.4) is 0 Å². The first kappa shape index (κ1) is 14.8. The van der Waals surface area contributed by atoms with Crippen LogP contribution in [-0.2, 0) is 13.1 Å². The second-order valence-electron chi connectivity index (χ2n) is 4.46. The topological polar surface area (TPSA) is 92.8 Å². The minimum atomic E-state index is 0.103. The maximum absolute atomic E-state index is 8.69. The second-order valence-corrected chi connectivity index (χ2v) is 4.46. The molecule has 0 aliphatic carbocycles. The largest absolute Gasteiger partial charge is 0.481 e. The number of nitrogens with one attached hydrogen (secondary N) is 1. The highest BCUT2D eigenvalue weighted by Gasteiger charge is 2.04. The summed E-state index contributed by atoms with van der Waals surface area (Å²) < 4.78 is 5.20. The van der Waals surface area contributed by atoms with Gasteiger partial charge in [0.2, 0.25) is 5.88 Å². The summed E-state index contributed by atoms with van der Waals surface area (Å²) >= 11 is 0. The Morgan fingerprint density at radius 1 is 1.33 bits per heavy atom. The Morgan fingerprint density at radius 2 is 2.19 bits per heavy atom. The lowest BCUT2D eigenvalue weighted by atomic mass is 10.1. The molecule has 6 heteroatoms. The summed E-state index contributed by atoms with van der Waals surface area (Å²) in [6.45, 7) is 1.30. The first-order valence-electron chi connectivity index (χ1n) is 6.50. The minimum absolute atomic E-state index is 0.103. The van der Waals surface area contributed by atoms with E-state index >= 15 is 0 Å². The molecule has 0 spiro atoms. The third kappa shape index (κ3) is 3.93. The highest BCUT2D eigenvalue weighted by atomic mass is 16.5. The van der Waals surface area contributed by atoms with Crippen molar-refractivity contribution in [2.45, 2.75) is 13.1 Å². The number of rotatable bonds is 6. The number of aromatic nitrogens is 1. The number of methoxy groups -OCH3 is 1. The fraction of sp³-hybridized carbons (Fsp3) is 0.200. The monoisotopic (exact) mass is 286 g/mol. The van der Waals surface area contributed by atoms with E-state index in [1.54, 1.807) is 19.4 Å². The number of nitrogens with two attached hydrogens (primary N) is 1. The number of hydrogen-bond donors (Lipinski definition) is 3. The molecule has 110 valence electrons. The highest BCUT2D eigenvalue weighted by Crippen LogP contribution is 2.13. The molecule has 0 saturated heterocycles. The van der Waals surface area contributed by atoms with Gasteiger partial charge < -0.3 is 21.0 Å². The number of nitrogens with zero attached hydrogens (tertiary/aromatic N) is 2. The molecule has 0 radical (unpaired) electrons. The van der Waals surface area contributed by atoms with E-state index in [0.29, 0.717) is 24.5 Å². The Morgan fingerprint density at radius 3 is 2.95 bits per heavy atom. The summed E-state index contributed by atoms with van der Waals surface area (Å²) in [5.74, 6) is 0.723.